The third kappa shape index (κ3) is 5.36. The van der Waals surface area contributed by atoms with E-state index in [0.29, 0.717) is 38.0 Å². The molecule has 4 amide bonds. The maximum Gasteiger partial charge on any atom is 0.320 e. The summed E-state index contributed by atoms with van der Waals surface area (Å²) in [5.41, 5.74) is 1.62. The number of nitrogens with zero attached hydrogens (tertiary/aromatic N) is 4. The first-order valence-electron chi connectivity index (χ1n) is 14.1. The zero-order valence-electron chi connectivity index (χ0n) is 22.5. The molecule has 0 radical (unpaired) electrons. The summed E-state index contributed by atoms with van der Waals surface area (Å²) in [6, 6.07) is 5.76. The lowest BCUT2D eigenvalue weighted by Gasteiger charge is -2.33. The van der Waals surface area contributed by atoms with E-state index in [1.54, 1.807) is 14.7 Å². The van der Waals surface area contributed by atoms with Gasteiger partial charge in [0.05, 0.1) is 12.6 Å². The predicted molar refractivity (Wildman–Crippen MR) is 144 cm³/mol. The van der Waals surface area contributed by atoms with Gasteiger partial charge < -0.3 is 30.2 Å². The summed E-state index contributed by atoms with van der Waals surface area (Å²) in [5.74, 6) is -0.458. The van der Waals surface area contributed by atoms with Crippen LogP contribution in [0.4, 0.5) is 10.5 Å². The zero-order chi connectivity index (χ0) is 26.8. The lowest BCUT2D eigenvalue weighted by atomic mass is 10.0. The molecule has 0 bridgehead atoms. The van der Waals surface area contributed by atoms with Gasteiger partial charge in [-0.25, -0.2) is 4.79 Å². The van der Waals surface area contributed by atoms with E-state index in [1.807, 2.05) is 38.1 Å². The van der Waals surface area contributed by atoms with E-state index in [1.165, 1.54) is 12.8 Å². The number of nitrogens with one attached hydrogen (secondary N) is 2. The smallest absolute Gasteiger partial charge is 0.320 e. The molecule has 3 atom stereocenters. The number of hydrogen-bond donors (Lipinski definition) is 2. The van der Waals surface area contributed by atoms with Crippen molar-refractivity contribution in [3.05, 3.63) is 29.8 Å². The van der Waals surface area contributed by atoms with Gasteiger partial charge >= 0.3 is 6.03 Å². The topological polar surface area (TPSA) is 105 Å². The molecule has 4 heterocycles. The monoisotopic (exact) mass is 524 g/mol. The average molecular weight is 525 g/mol. The van der Waals surface area contributed by atoms with Crippen molar-refractivity contribution in [1.29, 1.82) is 0 Å². The van der Waals surface area contributed by atoms with Gasteiger partial charge in [-0.1, -0.05) is 13.8 Å². The standard InChI is InChI=1S/C28H40N6O4/c1-19(2)17-22(30-26(36)20-5-7-21(8-6-20)31-12-3-4-13-31)27(37)33-14-9-23-25(33)24(35)18-34(23)28(38)32-15-10-29-11-16-32/h5-8,19,22-23,25,29H,3-4,9-18H2,1-2H3,(H,30,36). The molecule has 4 fully saturated rings. The third-order valence-corrected chi connectivity index (χ3v) is 8.25. The lowest BCUT2D eigenvalue weighted by Crippen LogP contribution is -2.54. The predicted octanol–water partition coefficient (Wildman–Crippen LogP) is 1.31. The van der Waals surface area contributed by atoms with Gasteiger partial charge in [0.15, 0.2) is 5.78 Å². The summed E-state index contributed by atoms with van der Waals surface area (Å²) >= 11 is 0. The quantitative estimate of drug-likeness (QED) is 0.582. The van der Waals surface area contributed by atoms with Crippen molar-refractivity contribution in [2.75, 3.05) is 57.3 Å². The van der Waals surface area contributed by atoms with Crippen LogP contribution in [0.2, 0.25) is 0 Å². The largest absolute Gasteiger partial charge is 0.372 e. The van der Waals surface area contributed by atoms with Crippen molar-refractivity contribution in [2.24, 2.45) is 5.92 Å². The van der Waals surface area contributed by atoms with Gasteiger partial charge in [-0.05, 0) is 55.9 Å². The number of hydrogen-bond acceptors (Lipinski definition) is 6. The van der Waals surface area contributed by atoms with Crippen LogP contribution < -0.4 is 15.5 Å². The molecule has 4 aliphatic heterocycles. The van der Waals surface area contributed by atoms with Crippen LogP contribution in [0.1, 0.15) is 49.9 Å². The summed E-state index contributed by atoms with van der Waals surface area (Å²) in [5, 5.41) is 6.20. The lowest BCUT2D eigenvalue weighted by molar-refractivity contribution is -0.138. The van der Waals surface area contributed by atoms with Crippen molar-refractivity contribution < 1.29 is 19.2 Å². The Labute approximate surface area is 224 Å². The Hall–Kier alpha value is -3.14. The highest BCUT2D eigenvalue weighted by molar-refractivity contribution is 6.00. The number of carbonyl (C=O) groups excluding carboxylic acids is 4. The van der Waals surface area contributed by atoms with Gasteiger partial charge in [-0.15, -0.1) is 0 Å². The molecule has 4 aliphatic rings. The highest BCUT2D eigenvalue weighted by Crippen LogP contribution is 2.31. The highest BCUT2D eigenvalue weighted by atomic mass is 16.2. The number of carbonyl (C=O) groups is 4. The Morgan fingerprint density at radius 3 is 2.32 bits per heavy atom. The van der Waals surface area contributed by atoms with Gasteiger partial charge in [0, 0.05) is 57.1 Å². The van der Waals surface area contributed by atoms with Crippen LogP contribution in [0.5, 0.6) is 0 Å². The van der Waals surface area contributed by atoms with Crippen LogP contribution in [-0.4, -0.2) is 109 Å². The Morgan fingerprint density at radius 1 is 0.974 bits per heavy atom. The number of piperazine rings is 1. The molecule has 10 heteroatoms. The van der Waals surface area contributed by atoms with Crippen LogP contribution in [0.15, 0.2) is 24.3 Å². The second kappa shape index (κ2) is 11.3. The Bertz CT molecular complexity index is 1050. The van der Waals surface area contributed by atoms with E-state index in [9.17, 15) is 19.2 Å². The van der Waals surface area contributed by atoms with Crippen molar-refractivity contribution in [3.8, 4) is 0 Å². The summed E-state index contributed by atoms with van der Waals surface area (Å²) in [7, 11) is 0. The molecule has 38 heavy (non-hydrogen) atoms. The number of benzene rings is 1. The molecule has 1 aromatic carbocycles. The maximum atomic E-state index is 13.8. The fourth-order valence-electron chi connectivity index (χ4n) is 6.30. The van der Waals surface area contributed by atoms with E-state index >= 15 is 0 Å². The summed E-state index contributed by atoms with van der Waals surface area (Å²) in [6.45, 7) is 9.24. The first kappa shape index (κ1) is 26.5. The number of amides is 4. The molecule has 10 nitrogen and oxygen atoms in total. The van der Waals surface area contributed by atoms with Crippen LogP contribution in [-0.2, 0) is 9.59 Å². The average Bonchev–Trinajstić information content (AvgIpc) is 3.67. The number of rotatable bonds is 6. The van der Waals surface area contributed by atoms with E-state index in [4.69, 9.17) is 0 Å². The van der Waals surface area contributed by atoms with Gasteiger partial charge in [-0.3, -0.25) is 14.4 Å². The molecule has 0 aromatic heterocycles. The second-order valence-corrected chi connectivity index (χ2v) is 11.3. The molecular formula is C28H40N6O4. The third-order valence-electron chi connectivity index (χ3n) is 8.25. The Kier molecular flexibility index (Phi) is 7.88. The van der Waals surface area contributed by atoms with E-state index in [2.05, 4.69) is 15.5 Å². The fraction of sp³-hybridized carbons (Fsp3) is 0.643. The molecule has 0 spiro atoms. The summed E-state index contributed by atoms with van der Waals surface area (Å²) in [4.78, 5) is 60.6. The molecular weight excluding hydrogens is 484 g/mol. The van der Waals surface area contributed by atoms with Crippen molar-refractivity contribution in [1.82, 2.24) is 25.3 Å². The van der Waals surface area contributed by atoms with Gasteiger partial charge in [-0.2, -0.15) is 0 Å². The maximum absolute atomic E-state index is 13.8. The Balaban J connectivity index is 1.26. The number of urea groups is 1. The summed E-state index contributed by atoms with van der Waals surface area (Å²) in [6.07, 6.45) is 3.41. The second-order valence-electron chi connectivity index (χ2n) is 11.3. The molecule has 2 N–H and O–H groups in total. The number of ketones is 1. The van der Waals surface area contributed by atoms with Crippen molar-refractivity contribution in [2.45, 2.75) is 57.7 Å². The van der Waals surface area contributed by atoms with Gasteiger partial charge in [0.2, 0.25) is 5.91 Å². The van der Waals surface area contributed by atoms with Crippen LogP contribution in [0, 0.1) is 5.92 Å². The molecule has 4 saturated heterocycles. The van der Waals surface area contributed by atoms with Crippen LogP contribution in [0.3, 0.4) is 0 Å². The molecule has 5 rings (SSSR count). The van der Waals surface area contributed by atoms with Crippen molar-refractivity contribution >= 4 is 29.3 Å². The minimum atomic E-state index is -0.731. The van der Waals surface area contributed by atoms with Gasteiger partial charge in [0.25, 0.3) is 5.91 Å². The number of Topliss-reactive ketones (excluding diaryl/α,β-unsaturated/α-hetero) is 1. The number of likely N-dealkylation sites (tertiary alicyclic amines) is 2. The van der Waals surface area contributed by atoms with E-state index < -0.39 is 12.1 Å². The van der Waals surface area contributed by atoms with E-state index in [0.717, 1.165) is 31.9 Å². The normalized spacial score (nSPS) is 24.2. The van der Waals surface area contributed by atoms with Gasteiger partial charge in [0.1, 0.15) is 12.1 Å². The minimum absolute atomic E-state index is 0.0342. The Morgan fingerprint density at radius 2 is 1.66 bits per heavy atom. The molecule has 0 saturated carbocycles. The molecule has 1 aromatic rings. The SMILES string of the molecule is CC(C)CC(NC(=O)c1ccc(N2CCCC2)cc1)C(=O)N1CCC2C1C(=O)CN2C(=O)N1CCNCC1. The first-order valence-corrected chi connectivity index (χ1v) is 14.1. The van der Waals surface area contributed by atoms with E-state index in [-0.39, 0.29) is 42.1 Å². The van der Waals surface area contributed by atoms with Crippen LogP contribution >= 0.6 is 0 Å². The zero-order valence-corrected chi connectivity index (χ0v) is 22.5. The van der Waals surface area contributed by atoms with Crippen LogP contribution in [0.25, 0.3) is 0 Å². The number of anilines is 1. The van der Waals surface area contributed by atoms with Crippen molar-refractivity contribution in [3.63, 3.8) is 0 Å². The molecule has 206 valence electrons. The molecule has 3 unspecified atom stereocenters. The summed E-state index contributed by atoms with van der Waals surface area (Å²) < 4.78 is 0. The molecule has 0 aliphatic carbocycles. The fourth-order valence-corrected chi connectivity index (χ4v) is 6.30. The number of fused-ring (bicyclic) bond motifs is 1. The first-order chi connectivity index (χ1) is 18.3. The highest BCUT2D eigenvalue weighted by Gasteiger charge is 2.52. The minimum Gasteiger partial charge on any atom is -0.372 e.